The minimum Gasteiger partial charge on any atom is -0.377 e. The predicted octanol–water partition coefficient (Wildman–Crippen LogP) is 2.23. The zero-order valence-corrected chi connectivity index (χ0v) is 12.9. The molecule has 0 amide bonds. The smallest absolute Gasteiger partial charge is 0.109 e. The first kappa shape index (κ1) is 14.2. The highest BCUT2D eigenvalue weighted by atomic mass is 15.5. The van der Waals surface area contributed by atoms with Gasteiger partial charge in [-0.05, 0) is 32.9 Å². The summed E-state index contributed by atoms with van der Waals surface area (Å²) in [6.45, 7) is 6.88. The van der Waals surface area contributed by atoms with Crippen LogP contribution in [0.2, 0.25) is 0 Å². The minimum atomic E-state index is -0.0673. The van der Waals surface area contributed by atoms with Crippen molar-refractivity contribution in [1.82, 2.24) is 30.0 Å². The van der Waals surface area contributed by atoms with Crippen LogP contribution in [0.25, 0.3) is 5.69 Å². The van der Waals surface area contributed by atoms with Crippen LogP contribution in [0, 0.1) is 0 Å². The van der Waals surface area contributed by atoms with E-state index in [4.69, 9.17) is 0 Å². The van der Waals surface area contributed by atoms with Gasteiger partial charge in [0.25, 0.3) is 0 Å². The third-order valence-electron chi connectivity index (χ3n) is 3.23. The van der Waals surface area contributed by atoms with Gasteiger partial charge in [-0.25, -0.2) is 4.68 Å². The van der Waals surface area contributed by atoms with Gasteiger partial charge in [0.15, 0.2) is 0 Å². The highest BCUT2D eigenvalue weighted by Crippen LogP contribution is 2.19. The van der Waals surface area contributed by atoms with Gasteiger partial charge in [0.05, 0.1) is 36.4 Å². The maximum absolute atomic E-state index is 4.20. The van der Waals surface area contributed by atoms with Crippen LogP contribution in [0.5, 0.6) is 0 Å². The van der Waals surface area contributed by atoms with Crippen molar-refractivity contribution in [1.29, 1.82) is 0 Å². The average molecular weight is 297 g/mol. The van der Waals surface area contributed by atoms with Crippen LogP contribution in [0.4, 0.5) is 5.69 Å². The first-order valence-corrected chi connectivity index (χ1v) is 7.15. The van der Waals surface area contributed by atoms with Crippen LogP contribution in [0.3, 0.4) is 0 Å². The fourth-order valence-corrected chi connectivity index (χ4v) is 2.03. The van der Waals surface area contributed by atoms with E-state index in [9.17, 15) is 0 Å². The van der Waals surface area contributed by atoms with Gasteiger partial charge in [0.1, 0.15) is 11.4 Å². The largest absolute Gasteiger partial charge is 0.377 e. The van der Waals surface area contributed by atoms with E-state index in [-0.39, 0.29) is 5.54 Å². The quantitative estimate of drug-likeness (QED) is 0.799. The molecule has 0 aliphatic heterocycles. The van der Waals surface area contributed by atoms with Gasteiger partial charge in [-0.1, -0.05) is 17.3 Å². The molecule has 7 nitrogen and oxygen atoms in total. The maximum Gasteiger partial charge on any atom is 0.109 e. The monoisotopic (exact) mass is 297 g/mol. The van der Waals surface area contributed by atoms with E-state index in [1.165, 1.54) is 0 Å². The number of para-hydroxylation sites is 2. The SMILES string of the molecule is CC(C)(C)n1cc(CNc2ccccc2-n2nccn2)nn1. The Morgan fingerprint density at radius 1 is 1.09 bits per heavy atom. The molecular weight excluding hydrogens is 278 g/mol. The van der Waals surface area contributed by atoms with Gasteiger partial charge in [-0.15, -0.1) is 9.90 Å². The molecule has 3 aromatic rings. The molecule has 22 heavy (non-hydrogen) atoms. The van der Waals surface area contributed by atoms with Crippen molar-refractivity contribution in [3.63, 3.8) is 0 Å². The molecule has 1 N–H and O–H groups in total. The summed E-state index contributed by atoms with van der Waals surface area (Å²) in [6.07, 6.45) is 5.28. The third kappa shape index (κ3) is 2.98. The second kappa shape index (κ2) is 5.59. The predicted molar refractivity (Wildman–Crippen MR) is 83.7 cm³/mol. The molecule has 0 radical (unpaired) electrons. The molecule has 0 aliphatic rings. The summed E-state index contributed by atoms with van der Waals surface area (Å²) in [4.78, 5) is 1.59. The maximum atomic E-state index is 4.20. The molecule has 1 aromatic carbocycles. The number of anilines is 1. The Labute approximate surface area is 129 Å². The molecule has 0 bridgehead atoms. The molecule has 0 aliphatic carbocycles. The molecule has 2 heterocycles. The summed E-state index contributed by atoms with van der Waals surface area (Å²) in [5.74, 6) is 0. The lowest BCUT2D eigenvalue weighted by Crippen LogP contribution is -2.22. The first-order chi connectivity index (χ1) is 10.5. The third-order valence-corrected chi connectivity index (χ3v) is 3.23. The van der Waals surface area contributed by atoms with Crippen LogP contribution in [-0.2, 0) is 12.1 Å². The van der Waals surface area contributed by atoms with Crippen LogP contribution in [0.15, 0.2) is 42.9 Å². The minimum absolute atomic E-state index is 0.0673. The second-order valence-electron chi connectivity index (χ2n) is 6.01. The summed E-state index contributed by atoms with van der Waals surface area (Å²) in [5.41, 5.74) is 2.67. The number of aromatic nitrogens is 6. The lowest BCUT2D eigenvalue weighted by atomic mass is 10.1. The van der Waals surface area contributed by atoms with Gasteiger partial charge in [0, 0.05) is 0 Å². The molecule has 0 saturated carbocycles. The zero-order chi connectivity index (χ0) is 15.6. The van der Waals surface area contributed by atoms with Crippen molar-refractivity contribution in [2.24, 2.45) is 0 Å². The molecular formula is C15H19N7. The summed E-state index contributed by atoms with van der Waals surface area (Å²) in [7, 11) is 0. The average Bonchev–Trinajstić information content (AvgIpc) is 3.16. The number of benzene rings is 1. The Bertz CT molecular complexity index is 737. The first-order valence-electron chi connectivity index (χ1n) is 7.15. The molecule has 0 fully saturated rings. The Kier molecular flexibility index (Phi) is 3.62. The van der Waals surface area contributed by atoms with Crippen LogP contribution in [-0.4, -0.2) is 30.0 Å². The van der Waals surface area contributed by atoms with Gasteiger partial charge < -0.3 is 5.32 Å². The second-order valence-corrected chi connectivity index (χ2v) is 6.01. The van der Waals surface area contributed by atoms with E-state index < -0.39 is 0 Å². The van der Waals surface area contributed by atoms with Gasteiger partial charge >= 0.3 is 0 Å². The number of hydrogen-bond donors (Lipinski definition) is 1. The van der Waals surface area contributed by atoms with E-state index in [0.29, 0.717) is 6.54 Å². The van der Waals surface area contributed by atoms with E-state index >= 15 is 0 Å². The summed E-state index contributed by atoms with van der Waals surface area (Å²) in [5, 5.41) is 20.1. The van der Waals surface area contributed by atoms with Gasteiger partial charge in [-0.3, -0.25) is 0 Å². The van der Waals surface area contributed by atoms with Crippen molar-refractivity contribution in [3.05, 3.63) is 48.5 Å². The Balaban J connectivity index is 1.76. The molecule has 3 rings (SSSR count). The van der Waals surface area contributed by atoms with E-state index in [1.807, 2.05) is 35.1 Å². The normalized spacial score (nSPS) is 11.6. The molecule has 0 unspecified atom stereocenters. The molecule has 0 spiro atoms. The van der Waals surface area contributed by atoms with Gasteiger partial charge in [0.2, 0.25) is 0 Å². The fourth-order valence-electron chi connectivity index (χ4n) is 2.03. The Hall–Kier alpha value is -2.70. The number of hydrogen-bond acceptors (Lipinski definition) is 5. The number of nitrogens with one attached hydrogen (secondary N) is 1. The molecule has 0 saturated heterocycles. The van der Waals surface area contributed by atoms with Crippen LogP contribution >= 0.6 is 0 Å². The molecule has 0 atom stereocenters. The Morgan fingerprint density at radius 3 is 2.50 bits per heavy atom. The van der Waals surface area contributed by atoms with Crippen molar-refractivity contribution in [2.45, 2.75) is 32.9 Å². The summed E-state index contributed by atoms with van der Waals surface area (Å²) >= 11 is 0. The topological polar surface area (TPSA) is 73.5 Å². The van der Waals surface area contributed by atoms with Crippen molar-refractivity contribution >= 4 is 5.69 Å². The lowest BCUT2D eigenvalue weighted by molar-refractivity contribution is 0.347. The lowest BCUT2D eigenvalue weighted by Gasteiger charge is -2.17. The van der Waals surface area contributed by atoms with Crippen molar-refractivity contribution < 1.29 is 0 Å². The molecule has 7 heteroatoms. The highest BCUT2D eigenvalue weighted by Gasteiger charge is 2.15. The van der Waals surface area contributed by atoms with Crippen LogP contribution in [0.1, 0.15) is 26.5 Å². The van der Waals surface area contributed by atoms with E-state index in [2.05, 4.69) is 46.6 Å². The van der Waals surface area contributed by atoms with E-state index in [0.717, 1.165) is 17.1 Å². The number of rotatable bonds is 4. The zero-order valence-electron chi connectivity index (χ0n) is 12.9. The summed E-state index contributed by atoms with van der Waals surface area (Å²) in [6, 6.07) is 7.89. The standard InChI is InChI=1S/C15H19N7/c1-15(2,3)21-11-12(19-20-21)10-16-13-6-4-5-7-14(13)22-17-8-9-18-22/h4-9,11,16H,10H2,1-3H3. The van der Waals surface area contributed by atoms with E-state index in [1.54, 1.807) is 17.2 Å². The van der Waals surface area contributed by atoms with Crippen molar-refractivity contribution in [2.75, 3.05) is 5.32 Å². The van der Waals surface area contributed by atoms with Crippen molar-refractivity contribution in [3.8, 4) is 5.69 Å². The fraction of sp³-hybridized carbons (Fsp3) is 0.333. The van der Waals surface area contributed by atoms with Crippen LogP contribution < -0.4 is 5.32 Å². The summed E-state index contributed by atoms with van der Waals surface area (Å²) < 4.78 is 1.87. The highest BCUT2D eigenvalue weighted by molar-refractivity contribution is 5.60. The molecule has 2 aromatic heterocycles. The Morgan fingerprint density at radius 2 is 1.82 bits per heavy atom. The number of nitrogens with zero attached hydrogens (tertiary/aromatic N) is 6. The van der Waals surface area contributed by atoms with Gasteiger partial charge in [-0.2, -0.15) is 10.2 Å². The molecule has 114 valence electrons.